The Labute approximate surface area is 175 Å². The second-order valence-corrected chi connectivity index (χ2v) is 6.99. The van der Waals surface area contributed by atoms with Gasteiger partial charge in [0.2, 0.25) is 11.8 Å². The molecule has 0 unspecified atom stereocenters. The number of nitro benzene ring substituents is 1. The van der Waals surface area contributed by atoms with Crippen LogP contribution in [0.3, 0.4) is 0 Å². The first-order valence-electron chi connectivity index (χ1n) is 9.38. The molecule has 0 spiro atoms. The van der Waals surface area contributed by atoms with Crippen molar-refractivity contribution < 1.29 is 19.2 Å². The van der Waals surface area contributed by atoms with E-state index >= 15 is 0 Å². The van der Waals surface area contributed by atoms with Gasteiger partial charge in [0.1, 0.15) is 5.75 Å². The van der Waals surface area contributed by atoms with Crippen molar-refractivity contribution in [3.63, 3.8) is 0 Å². The largest absolute Gasteiger partial charge is 0.494 e. The number of rotatable bonds is 9. The zero-order valence-electron chi connectivity index (χ0n) is 17.5. The van der Waals surface area contributed by atoms with Crippen molar-refractivity contribution in [1.29, 1.82) is 0 Å². The number of ether oxygens (including phenoxy) is 1. The summed E-state index contributed by atoms with van der Waals surface area (Å²) >= 11 is 0. The number of para-hydroxylation sites is 1. The lowest BCUT2D eigenvalue weighted by atomic mass is 10.1. The predicted molar refractivity (Wildman–Crippen MR) is 115 cm³/mol. The molecule has 2 aromatic carbocycles. The third kappa shape index (κ3) is 6.28. The third-order valence-electron chi connectivity index (χ3n) is 4.55. The average molecular weight is 414 g/mol. The summed E-state index contributed by atoms with van der Waals surface area (Å²) in [5, 5.41) is 16.4. The van der Waals surface area contributed by atoms with Gasteiger partial charge in [0.15, 0.2) is 0 Å². The molecule has 30 heavy (non-hydrogen) atoms. The first-order chi connectivity index (χ1) is 14.2. The van der Waals surface area contributed by atoms with Gasteiger partial charge in [-0.3, -0.25) is 24.6 Å². The molecule has 2 N–H and O–H groups in total. The Bertz CT molecular complexity index is 925. The molecule has 0 radical (unpaired) electrons. The van der Waals surface area contributed by atoms with E-state index in [0.29, 0.717) is 12.2 Å². The smallest absolute Gasteiger partial charge is 0.273 e. The van der Waals surface area contributed by atoms with Crippen LogP contribution in [-0.4, -0.2) is 48.9 Å². The minimum atomic E-state index is -0.535. The lowest BCUT2D eigenvalue weighted by Gasteiger charge is -2.18. The molecule has 0 fully saturated rings. The normalized spacial score (nSPS) is 10.6. The molecule has 0 aliphatic rings. The van der Waals surface area contributed by atoms with E-state index in [0.717, 1.165) is 16.8 Å². The van der Waals surface area contributed by atoms with Crippen LogP contribution in [0.25, 0.3) is 0 Å². The first-order valence-corrected chi connectivity index (χ1v) is 9.38. The second kappa shape index (κ2) is 10.4. The number of nitrogens with one attached hydrogen (secondary N) is 2. The molecule has 0 aliphatic carbocycles. The van der Waals surface area contributed by atoms with Crippen LogP contribution in [0.1, 0.15) is 17.5 Å². The zero-order chi connectivity index (χ0) is 22.3. The SMILES string of the molecule is COc1cc([N+](=O)[O-])ccc1NC(=O)CCN(C)CC(=O)Nc1c(C)cccc1C. The van der Waals surface area contributed by atoms with Gasteiger partial charge in [-0.2, -0.15) is 0 Å². The van der Waals surface area contributed by atoms with Crippen molar-refractivity contribution in [2.75, 3.05) is 37.9 Å². The van der Waals surface area contributed by atoms with E-state index < -0.39 is 4.92 Å². The van der Waals surface area contributed by atoms with E-state index in [4.69, 9.17) is 4.74 Å². The lowest BCUT2D eigenvalue weighted by molar-refractivity contribution is -0.384. The molecule has 0 saturated heterocycles. The molecule has 9 nitrogen and oxygen atoms in total. The van der Waals surface area contributed by atoms with Gasteiger partial charge in [0, 0.05) is 24.7 Å². The highest BCUT2D eigenvalue weighted by Gasteiger charge is 2.15. The Morgan fingerprint density at radius 3 is 2.37 bits per heavy atom. The molecule has 0 aromatic heterocycles. The highest BCUT2D eigenvalue weighted by Crippen LogP contribution is 2.29. The Morgan fingerprint density at radius 1 is 1.10 bits per heavy atom. The number of nitro groups is 1. The van der Waals surface area contributed by atoms with Crippen molar-refractivity contribution in [2.45, 2.75) is 20.3 Å². The number of amides is 2. The van der Waals surface area contributed by atoms with Crippen molar-refractivity contribution in [3.05, 3.63) is 57.6 Å². The molecule has 2 amide bonds. The van der Waals surface area contributed by atoms with Gasteiger partial charge < -0.3 is 15.4 Å². The van der Waals surface area contributed by atoms with Crippen LogP contribution in [0.5, 0.6) is 5.75 Å². The quantitative estimate of drug-likeness (QED) is 0.481. The van der Waals surface area contributed by atoms with Gasteiger partial charge in [0.25, 0.3) is 5.69 Å². The Kier molecular flexibility index (Phi) is 7.88. The van der Waals surface area contributed by atoms with Crippen molar-refractivity contribution >= 4 is 28.9 Å². The predicted octanol–water partition coefficient (Wildman–Crippen LogP) is 3.12. The van der Waals surface area contributed by atoms with E-state index in [1.165, 1.54) is 25.3 Å². The standard InChI is InChI=1S/C21H26N4O5/c1-14-6-5-7-15(2)21(14)23-20(27)13-24(3)11-10-19(26)22-17-9-8-16(25(28)29)12-18(17)30-4/h5-9,12H,10-11,13H2,1-4H3,(H,22,26)(H,23,27). The highest BCUT2D eigenvalue weighted by atomic mass is 16.6. The zero-order valence-corrected chi connectivity index (χ0v) is 17.5. The third-order valence-corrected chi connectivity index (χ3v) is 4.55. The van der Waals surface area contributed by atoms with Gasteiger partial charge in [-0.25, -0.2) is 0 Å². The van der Waals surface area contributed by atoms with Gasteiger partial charge >= 0.3 is 0 Å². The Morgan fingerprint density at radius 2 is 1.77 bits per heavy atom. The molecule has 0 saturated carbocycles. The maximum absolute atomic E-state index is 12.3. The summed E-state index contributed by atoms with van der Waals surface area (Å²) in [6, 6.07) is 9.77. The number of non-ortho nitro benzene ring substituents is 1. The molecule has 2 rings (SSSR count). The summed E-state index contributed by atoms with van der Waals surface area (Å²) in [5.41, 5.74) is 3.01. The number of carbonyl (C=O) groups excluding carboxylic acids is 2. The molecule has 0 heterocycles. The number of aryl methyl sites for hydroxylation is 2. The Balaban J connectivity index is 1.86. The maximum atomic E-state index is 12.3. The number of hydrogen-bond acceptors (Lipinski definition) is 6. The van der Waals surface area contributed by atoms with Gasteiger partial charge in [-0.1, -0.05) is 18.2 Å². The summed E-state index contributed by atoms with van der Waals surface area (Å²) < 4.78 is 5.11. The van der Waals surface area contributed by atoms with Gasteiger partial charge in [-0.15, -0.1) is 0 Å². The number of anilines is 2. The molecular weight excluding hydrogens is 388 g/mol. The van der Waals surface area contributed by atoms with Crippen LogP contribution in [0, 0.1) is 24.0 Å². The van der Waals surface area contributed by atoms with Crippen LogP contribution < -0.4 is 15.4 Å². The number of nitrogens with zero attached hydrogens (tertiary/aromatic N) is 2. The summed E-state index contributed by atoms with van der Waals surface area (Å²) in [6.45, 7) is 4.37. The summed E-state index contributed by atoms with van der Waals surface area (Å²) in [7, 11) is 3.13. The first kappa shape index (κ1) is 22.8. The fraction of sp³-hybridized carbons (Fsp3) is 0.333. The lowest BCUT2D eigenvalue weighted by Crippen LogP contribution is -2.32. The number of likely N-dealkylation sites (N-methyl/N-ethyl adjacent to an activating group) is 1. The molecule has 160 valence electrons. The fourth-order valence-corrected chi connectivity index (χ4v) is 2.92. The molecule has 9 heteroatoms. The molecule has 0 aliphatic heterocycles. The summed E-state index contributed by atoms with van der Waals surface area (Å²) in [5.74, 6) is -0.240. The average Bonchev–Trinajstić information content (AvgIpc) is 2.69. The number of hydrogen-bond donors (Lipinski definition) is 2. The van der Waals surface area contributed by atoms with Crippen molar-refractivity contribution in [3.8, 4) is 5.75 Å². The molecule has 0 bridgehead atoms. The highest BCUT2D eigenvalue weighted by molar-refractivity contribution is 5.94. The number of methoxy groups -OCH3 is 1. The molecule has 2 aromatic rings. The van der Waals surface area contributed by atoms with Crippen molar-refractivity contribution in [2.24, 2.45) is 0 Å². The second-order valence-electron chi connectivity index (χ2n) is 6.99. The van der Waals surface area contributed by atoms with Crippen LogP contribution in [-0.2, 0) is 9.59 Å². The van der Waals surface area contributed by atoms with Gasteiger partial charge in [0.05, 0.1) is 30.3 Å². The van der Waals surface area contributed by atoms with Crippen LogP contribution >= 0.6 is 0 Å². The summed E-state index contributed by atoms with van der Waals surface area (Å²) in [4.78, 5) is 36.6. The van der Waals surface area contributed by atoms with E-state index in [9.17, 15) is 19.7 Å². The minimum Gasteiger partial charge on any atom is -0.494 e. The van der Waals surface area contributed by atoms with Crippen LogP contribution in [0.2, 0.25) is 0 Å². The van der Waals surface area contributed by atoms with Crippen molar-refractivity contribution in [1.82, 2.24) is 4.90 Å². The fourth-order valence-electron chi connectivity index (χ4n) is 2.92. The molecule has 0 atom stereocenters. The van der Waals surface area contributed by atoms with E-state index in [1.807, 2.05) is 32.0 Å². The monoisotopic (exact) mass is 414 g/mol. The minimum absolute atomic E-state index is 0.125. The van der Waals surface area contributed by atoms with E-state index in [1.54, 1.807) is 11.9 Å². The number of benzene rings is 2. The van der Waals surface area contributed by atoms with E-state index in [-0.39, 0.29) is 36.2 Å². The number of carbonyl (C=O) groups is 2. The topological polar surface area (TPSA) is 114 Å². The molecular formula is C21H26N4O5. The summed E-state index contributed by atoms with van der Waals surface area (Å²) in [6.07, 6.45) is 0.146. The van der Waals surface area contributed by atoms with Crippen LogP contribution in [0.4, 0.5) is 17.1 Å². The van der Waals surface area contributed by atoms with E-state index in [2.05, 4.69) is 10.6 Å². The van der Waals surface area contributed by atoms with Gasteiger partial charge in [-0.05, 0) is 38.1 Å². The van der Waals surface area contributed by atoms with Crippen LogP contribution in [0.15, 0.2) is 36.4 Å². The Hall–Kier alpha value is -3.46. The maximum Gasteiger partial charge on any atom is 0.273 e.